The van der Waals surface area contributed by atoms with Crippen LogP contribution < -0.4 is 14.8 Å². The quantitative estimate of drug-likeness (QED) is 0.579. The minimum Gasteiger partial charge on any atom is -0.493 e. The average Bonchev–Trinajstić information content (AvgIpc) is 3.41. The number of amides is 1. The summed E-state index contributed by atoms with van der Waals surface area (Å²) >= 11 is 6.01. The third-order valence-electron chi connectivity index (χ3n) is 5.65. The van der Waals surface area contributed by atoms with Crippen molar-refractivity contribution in [3.05, 3.63) is 52.7 Å². The number of piperidine rings is 1. The number of hydrogen-bond acceptors (Lipinski definition) is 7. The highest BCUT2D eigenvalue weighted by atomic mass is 35.5. The summed E-state index contributed by atoms with van der Waals surface area (Å²) < 4.78 is 13.1. The fourth-order valence-corrected chi connectivity index (χ4v) is 4.10. The first kappa shape index (κ1) is 21.3. The van der Waals surface area contributed by atoms with E-state index in [1.807, 2.05) is 18.2 Å². The summed E-state index contributed by atoms with van der Waals surface area (Å²) in [5.41, 5.74) is 2.67. The minimum absolute atomic E-state index is 0.154. The molecule has 3 aromatic rings. The monoisotopic (exact) mass is 466 g/mol. The Balaban J connectivity index is 1.32. The van der Waals surface area contributed by atoms with Crippen LogP contribution in [0.3, 0.4) is 0 Å². The Labute approximate surface area is 195 Å². The molecule has 0 unspecified atom stereocenters. The topological polar surface area (TPSA) is 93.9 Å². The van der Waals surface area contributed by atoms with Gasteiger partial charge in [0.15, 0.2) is 18.2 Å². The van der Waals surface area contributed by atoms with Crippen molar-refractivity contribution in [2.75, 3.05) is 20.2 Å². The SMILES string of the molecule is COc1cc(C=C2N=C(N3CCCCC3)NC2=O)ccc1OCn1nnc2cc(Cl)ccc21. The van der Waals surface area contributed by atoms with E-state index in [1.165, 1.54) is 6.42 Å². The number of methoxy groups -OCH3 is 1. The second-order valence-electron chi connectivity index (χ2n) is 7.87. The molecule has 1 aromatic heterocycles. The van der Waals surface area contributed by atoms with Crippen LogP contribution in [-0.2, 0) is 11.5 Å². The average molecular weight is 467 g/mol. The van der Waals surface area contributed by atoms with Crippen LogP contribution in [0.5, 0.6) is 11.5 Å². The number of aliphatic imine (C=N–C) groups is 1. The molecule has 3 heterocycles. The van der Waals surface area contributed by atoms with Gasteiger partial charge in [-0.25, -0.2) is 9.67 Å². The van der Waals surface area contributed by atoms with E-state index in [0.717, 1.165) is 37.0 Å². The summed E-state index contributed by atoms with van der Waals surface area (Å²) in [6, 6.07) is 10.8. The zero-order chi connectivity index (χ0) is 22.8. The molecule has 9 nitrogen and oxygen atoms in total. The molecule has 170 valence electrons. The van der Waals surface area contributed by atoms with Gasteiger partial charge in [-0.05, 0) is 61.2 Å². The Kier molecular flexibility index (Phi) is 5.87. The standard InChI is InChI=1S/C23H23ClN6O3/c1-32-21-12-15(11-18-22(31)26-23(25-18)29-9-3-2-4-10-29)5-8-20(21)33-14-30-19-7-6-16(24)13-17(19)27-28-30/h5-8,11-13H,2-4,9-10,14H2,1H3,(H,25,26,31). The molecule has 0 aliphatic carbocycles. The number of likely N-dealkylation sites (tertiary alicyclic amines) is 1. The van der Waals surface area contributed by atoms with Gasteiger partial charge in [-0.1, -0.05) is 22.9 Å². The van der Waals surface area contributed by atoms with E-state index < -0.39 is 0 Å². The van der Waals surface area contributed by atoms with Crippen LogP contribution in [0.25, 0.3) is 17.1 Å². The van der Waals surface area contributed by atoms with Crippen molar-refractivity contribution in [2.45, 2.75) is 26.0 Å². The predicted octanol–water partition coefficient (Wildman–Crippen LogP) is 3.44. The lowest BCUT2D eigenvalue weighted by Crippen LogP contribution is -2.43. The lowest BCUT2D eigenvalue weighted by atomic mass is 10.1. The van der Waals surface area contributed by atoms with Gasteiger partial charge in [-0.2, -0.15) is 0 Å². The Hall–Kier alpha value is -3.59. The number of halogens is 1. The maximum Gasteiger partial charge on any atom is 0.276 e. The summed E-state index contributed by atoms with van der Waals surface area (Å²) in [4.78, 5) is 19.1. The highest BCUT2D eigenvalue weighted by molar-refractivity contribution is 6.31. The molecule has 0 atom stereocenters. The van der Waals surface area contributed by atoms with E-state index in [4.69, 9.17) is 21.1 Å². The Morgan fingerprint density at radius 2 is 1.97 bits per heavy atom. The van der Waals surface area contributed by atoms with Gasteiger partial charge in [0.1, 0.15) is 11.2 Å². The van der Waals surface area contributed by atoms with Crippen molar-refractivity contribution in [1.29, 1.82) is 0 Å². The predicted molar refractivity (Wildman–Crippen MR) is 125 cm³/mol. The zero-order valence-corrected chi connectivity index (χ0v) is 18.9. The maximum absolute atomic E-state index is 12.4. The molecule has 1 amide bonds. The number of rotatable bonds is 5. The van der Waals surface area contributed by atoms with Gasteiger partial charge in [0.25, 0.3) is 5.91 Å². The summed E-state index contributed by atoms with van der Waals surface area (Å²) in [6.45, 7) is 1.99. The number of carbonyl (C=O) groups excluding carboxylic acids is 1. The molecule has 10 heteroatoms. The smallest absolute Gasteiger partial charge is 0.276 e. The number of carbonyl (C=O) groups is 1. The van der Waals surface area contributed by atoms with Gasteiger partial charge in [0, 0.05) is 18.1 Å². The van der Waals surface area contributed by atoms with E-state index in [-0.39, 0.29) is 12.6 Å². The van der Waals surface area contributed by atoms with E-state index in [1.54, 1.807) is 36.1 Å². The lowest BCUT2D eigenvalue weighted by Gasteiger charge is -2.27. The Morgan fingerprint density at radius 1 is 1.12 bits per heavy atom. The third kappa shape index (κ3) is 4.49. The number of nitrogens with zero attached hydrogens (tertiary/aromatic N) is 5. The molecule has 0 spiro atoms. The van der Waals surface area contributed by atoms with Gasteiger partial charge in [-0.15, -0.1) is 5.10 Å². The fourth-order valence-electron chi connectivity index (χ4n) is 3.93. The number of nitrogens with one attached hydrogen (secondary N) is 1. The van der Waals surface area contributed by atoms with Crippen molar-refractivity contribution >= 4 is 40.6 Å². The molecular formula is C23H23ClN6O3. The number of guanidine groups is 1. The summed E-state index contributed by atoms with van der Waals surface area (Å²) in [5, 5.41) is 11.7. The summed E-state index contributed by atoms with van der Waals surface area (Å²) in [7, 11) is 1.57. The normalized spacial score (nSPS) is 17.4. The van der Waals surface area contributed by atoms with Crippen molar-refractivity contribution in [2.24, 2.45) is 4.99 Å². The molecule has 2 aliphatic rings. The third-order valence-corrected chi connectivity index (χ3v) is 5.88. The van der Waals surface area contributed by atoms with Gasteiger partial charge in [0.2, 0.25) is 5.96 Å². The van der Waals surface area contributed by atoms with Crippen molar-refractivity contribution < 1.29 is 14.3 Å². The first-order valence-corrected chi connectivity index (χ1v) is 11.1. The van der Waals surface area contributed by atoms with Crippen LogP contribution >= 0.6 is 11.6 Å². The van der Waals surface area contributed by atoms with Crippen LogP contribution in [0, 0.1) is 0 Å². The summed E-state index contributed by atoms with van der Waals surface area (Å²) in [5.74, 6) is 1.52. The molecular weight excluding hydrogens is 444 g/mol. The Bertz CT molecular complexity index is 1260. The molecule has 5 rings (SSSR count). The Morgan fingerprint density at radius 3 is 2.79 bits per heavy atom. The molecule has 1 N–H and O–H groups in total. The van der Waals surface area contributed by atoms with E-state index in [2.05, 4.69) is 25.5 Å². The first-order valence-electron chi connectivity index (χ1n) is 10.8. The largest absolute Gasteiger partial charge is 0.493 e. The summed E-state index contributed by atoms with van der Waals surface area (Å²) in [6.07, 6.45) is 5.19. The van der Waals surface area contributed by atoms with E-state index >= 15 is 0 Å². The molecule has 33 heavy (non-hydrogen) atoms. The first-order chi connectivity index (χ1) is 16.1. The number of aromatic nitrogens is 3. The molecule has 1 fully saturated rings. The molecule has 0 saturated carbocycles. The highest BCUT2D eigenvalue weighted by Crippen LogP contribution is 2.30. The second kappa shape index (κ2) is 9.11. The van der Waals surface area contributed by atoms with Crippen molar-refractivity contribution in [1.82, 2.24) is 25.2 Å². The van der Waals surface area contributed by atoms with Crippen LogP contribution in [0.15, 0.2) is 47.1 Å². The molecule has 1 saturated heterocycles. The van der Waals surface area contributed by atoms with Gasteiger partial charge in [-0.3, -0.25) is 10.1 Å². The van der Waals surface area contributed by atoms with Gasteiger partial charge >= 0.3 is 0 Å². The van der Waals surface area contributed by atoms with Gasteiger partial charge in [0.05, 0.1) is 12.6 Å². The van der Waals surface area contributed by atoms with Crippen LogP contribution in [0.1, 0.15) is 24.8 Å². The number of ether oxygens (including phenoxy) is 2. The lowest BCUT2D eigenvalue weighted by molar-refractivity contribution is -0.115. The zero-order valence-electron chi connectivity index (χ0n) is 18.1. The van der Waals surface area contributed by atoms with Crippen molar-refractivity contribution in [3.8, 4) is 11.5 Å². The number of fused-ring (bicyclic) bond motifs is 1. The fraction of sp³-hybridized carbons (Fsp3) is 0.304. The molecule has 2 aliphatic heterocycles. The molecule has 0 bridgehead atoms. The number of benzene rings is 2. The molecule has 0 radical (unpaired) electrons. The minimum atomic E-state index is -0.201. The van der Waals surface area contributed by atoms with Gasteiger partial charge < -0.3 is 14.4 Å². The molecule has 2 aromatic carbocycles. The van der Waals surface area contributed by atoms with Crippen LogP contribution in [0.2, 0.25) is 5.02 Å². The van der Waals surface area contributed by atoms with E-state index in [9.17, 15) is 4.79 Å². The van der Waals surface area contributed by atoms with E-state index in [0.29, 0.717) is 33.7 Å². The van der Waals surface area contributed by atoms with Crippen LogP contribution in [0.4, 0.5) is 0 Å². The second-order valence-corrected chi connectivity index (χ2v) is 8.31. The number of hydrogen-bond donors (Lipinski definition) is 1. The van der Waals surface area contributed by atoms with Crippen LogP contribution in [-0.4, -0.2) is 52.0 Å². The maximum atomic E-state index is 12.4. The highest BCUT2D eigenvalue weighted by Gasteiger charge is 2.25. The van der Waals surface area contributed by atoms with Crippen molar-refractivity contribution in [3.63, 3.8) is 0 Å².